The minimum absolute atomic E-state index is 0.0529. The summed E-state index contributed by atoms with van der Waals surface area (Å²) in [5.41, 5.74) is 0. The van der Waals surface area contributed by atoms with Crippen LogP contribution in [0.2, 0.25) is 0 Å². The van der Waals surface area contributed by atoms with Crippen molar-refractivity contribution in [2.45, 2.75) is 77.3 Å². The van der Waals surface area contributed by atoms with E-state index in [4.69, 9.17) is 0 Å². The van der Waals surface area contributed by atoms with Gasteiger partial charge in [-0.3, -0.25) is 4.79 Å². The van der Waals surface area contributed by atoms with E-state index in [-0.39, 0.29) is 11.9 Å². The Labute approximate surface area is 117 Å². The smallest absolute Gasteiger partial charge is 0.237 e. The third-order valence-electron chi connectivity index (χ3n) is 4.87. The van der Waals surface area contributed by atoms with Gasteiger partial charge in [0.15, 0.2) is 0 Å². The highest BCUT2D eigenvalue weighted by Gasteiger charge is 2.27. The molecule has 0 aromatic carbocycles. The molecule has 2 aliphatic rings. The third kappa shape index (κ3) is 4.48. The number of amides is 1. The van der Waals surface area contributed by atoms with Crippen molar-refractivity contribution in [3.8, 4) is 0 Å². The first kappa shape index (κ1) is 14.8. The average Bonchev–Trinajstić information content (AvgIpc) is 2.41. The Balaban J connectivity index is 1.71. The molecule has 3 heteroatoms. The molecule has 1 saturated carbocycles. The van der Waals surface area contributed by atoms with Crippen LogP contribution in [0, 0.1) is 11.8 Å². The van der Waals surface area contributed by atoms with Gasteiger partial charge >= 0.3 is 0 Å². The molecule has 19 heavy (non-hydrogen) atoms. The third-order valence-corrected chi connectivity index (χ3v) is 4.87. The molecule has 2 atom stereocenters. The van der Waals surface area contributed by atoms with Crippen LogP contribution in [0.3, 0.4) is 0 Å². The Morgan fingerprint density at radius 3 is 2.58 bits per heavy atom. The highest BCUT2D eigenvalue weighted by Crippen LogP contribution is 2.28. The summed E-state index contributed by atoms with van der Waals surface area (Å²) in [6, 6.07) is 0.483. The van der Waals surface area contributed by atoms with Gasteiger partial charge in [0.2, 0.25) is 5.91 Å². The van der Waals surface area contributed by atoms with Crippen LogP contribution in [-0.2, 0) is 4.79 Å². The molecule has 3 nitrogen and oxygen atoms in total. The Morgan fingerprint density at radius 2 is 1.95 bits per heavy atom. The zero-order chi connectivity index (χ0) is 13.7. The van der Waals surface area contributed by atoms with Gasteiger partial charge in [-0.25, -0.2) is 0 Å². The van der Waals surface area contributed by atoms with E-state index in [1.165, 1.54) is 44.9 Å². The van der Waals surface area contributed by atoms with Crippen LogP contribution in [0.1, 0.15) is 65.2 Å². The predicted molar refractivity (Wildman–Crippen MR) is 79.0 cm³/mol. The molecule has 2 N–H and O–H groups in total. The summed E-state index contributed by atoms with van der Waals surface area (Å²) < 4.78 is 0. The van der Waals surface area contributed by atoms with Crippen LogP contribution < -0.4 is 10.6 Å². The van der Waals surface area contributed by atoms with E-state index in [1.54, 1.807) is 0 Å². The lowest BCUT2D eigenvalue weighted by atomic mass is 9.83. The number of hydrogen-bond acceptors (Lipinski definition) is 2. The van der Waals surface area contributed by atoms with Gasteiger partial charge in [0.25, 0.3) is 0 Å². The molecular formula is C16H30N2O. The number of rotatable bonds is 4. The van der Waals surface area contributed by atoms with Gasteiger partial charge in [0.1, 0.15) is 0 Å². The zero-order valence-electron chi connectivity index (χ0n) is 12.6. The largest absolute Gasteiger partial charge is 0.352 e. The molecule has 110 valence electrons. The maximum absolute atomic E-state index is 12.2. The van der Waals surface area contributed by atoms with Gasteiger partial charge < -0.3 is 10.6 Å². The minimum atomic E-state index is 0.0529. The second kappa shape index (κ2) is 7.28. The number of hydrogen-bond donors (Lipinski definition) is 2. The minimum Gasteiger partial charge on any atom is -0.352 e. The lowest BCUT2D eigenvalue weighted by Crippen LogP contribution is -2.51. The molecule has 2 rings (SSSR count). The molecule has 2 unspecified atom stereocenters. The zero-order valence-corrected chi connectivity index (χ0v) is 12.6. The van der Waals surface area contributed by atoms with Gasteiger partial charge in [0.05, 0.1) is 6.04 Å². The fourth-order valence-electron chi connectivity index (χ4n) is 3.61. The van der Waals surface area contributed by atoms with Crippen LogP contribution in [0.4, 0.5) is 0 Å². The Morgan fingerprint density at radius 1 is 1.21 bits per heavy atom. The van der Waals surface area contributed by atoms with Crippen LogP contribution in [0.15, 0.2) is 0 Å². The van der Waals surface area contributed by atoms with Gasteiger partial charge in [-0.15, -0.1) is 0 Å². The predicted octanol–water partition coefficient (Wildman–Crippen LogP) is 2.85. The van der Waals surface area contributed by atoms with Crippen LogP contribution >= 0.6 is 0 Å². The first-order chi connectivity index (χ1) is 9.19. The molecule has 0 aromatic heterocycles. The summed E-state index contributed by atoms with van der Waals surface area (Å²) in [4.78, 5) is 12.2. The van der Waals surface area contributed by atoms with Crippen molar-refractivity contribution < 1.29 is 4.79 Å². The van der Waals surface area contributed by atoms with E-state index < -0.39 is 0 Å². The number of piperidine rings is 1. The van der Waals surface area contributed by atoms with Crippen molar-refractivity contribution >= 4 is 5.91 Å². The lowest BCUT2D eigenvalue weighted by Gasteiger charge is -2.32. The van der Waals surface area contributed by atoms with Crippen molar-refractivity contribution in [2.24, 2.45) is 11.8 Å². The van der Waals surface area contributed by atoms with E-state index in [0.717, 1.165) is 18.9 Å². The second-order valence-electron chi connectivity index (χ2n) is 6.65. The molecule has 1 amide bonds. The van der Waals surface area contributed by atoms with E-state index in [9.17, 15) is 4.79 Å². The molecule has 1 heterocycles. The number of carbonyl (C=O) groups is 1. The molecule has 1 aliphatic heterocycles. The topological polar surface area (TPSA) is 41.1 Å². The summed E-state index contributed by atoms with van der Waals surface area (Å²) in [5, 5.41) is 6.63. The molecule has 1 aliphatic carbocycles. The van der Waals surface area contributed by atoms with E-state index >= 15 is 0 Å². The van der Waals surface area contributed by atoms with Gasteiger partial charge in [-0.2, -0.15) is 0 Å². The van der Waals surface area contributed by atoms with Gasteiger partial charge in [-0.1, -0.05) is 26.7 Å². The quantitative estimate of drug-likeness (QED) is 0.821. The summed E-state index contributed by atoms with van der Waals surface area (Å²) in [6.45, 7) is 5.50. The Kier molecular flexibility index (Phi) is 5.68. The molecule has 1 saturated heterocycles. The summed E-state index contributed by atoms with van der Waals surface area (Å²) in [7, 11) is 0. The fraction of sp³-hybridized carbons (Fsp3) is 0.938. The number of nitrogens with one attached hydrogen (secondary N) is 2. The second-order valence-corrected chi connectivity index (χ2v) is 6.65. The van der Waals surface area contributed by atoms with Crippen molar-refractivity contribution in [2.75, 3.05) is 6.54 Å². The van der Waals surface area contributed by atoms with Gasteiger partial charge in [-0.05, 0) is 56.9 Å². The van der Waals surface area contributed by atoms with Crippen molar-refractivity contribution in [1.82, 2.24) is 10.6 Å². The molecular weight excluding hydrogens is 236 g/mol. The molecule has 0 bridgehead atoms. The molecule has 0 aromatic rings. The van der Waals surface area contributed by atoms with Crippen LogP contribution in [-0.4, -0.2) is 24.5 Å². The fourth-order valence-corrected chi connectivity index (χ4v) is 3.61. The van der Waals surface area contributed by atoms with Crippen molar-refractivity contribution in [3.63, 3.8) is 0 Å². The van der Waals surface area contributed by atoms with E-state index in [2.05, 4.69) is 24.5 Å². The van der Waals surface area contributed by atoms with E-state index in [0.29, 0.717) is 12.0 Å². The summed E-state index contributed by atoms with van der Waals surface area (Å²) in [6.07, 6.45) is 9.81. The Hall–Kier alpha value is -0.570. The van der Waals surface area contributed by atoms with Crippen LogP contribution in [0.5, 0.6) is 0 Å². The highest BCUT2D eigenvalue weighted by atomic mass is 16.2. The lowest BCUT2D eigenvalue weighted by molar-refractivity contribution is -0.125. The highest BCUT2D eigenvalue weighted by molar-refractivity contribution is 5.82. The SMILES string of the molecule is CCCC1CCC(NC(=O)C2CC(C)CCN2)CC1. The van der Waals surface area contributed by atoms with Crippen LogP contribution in [0.25, 0.3) is 0 Å². The maximum atomic E-state index is 12.2. The monoisotopic (exact) mass is 266 g/mol. The normalized spacial score (nSPS) is 35.9. The number of carbonyl (C=O) groups excluding carboxylic acids is 1. The van der Waals surface area contributed by atoms with E-state index in [1.807, 2.05) is 0 Å². The first-order valence-corrected chi connectivity index (χ1v) is 8.22. The summed E-state index contributed by atoms with van der Waals surface area (Å²) in [5.74, 6) is 1.83. The Bertz CT molecular complexity index is 284. The standard InChI is InChI=1S/C16H30N2O/c1-3-4-13-5-7-14(8-6-13)18-16(19)15-11-12(2)9-10-17-15/h12-15,17H,3-11H2,1-2H3,(H,18,19). The first-order valence-electron chi connectivity index (χ1n) is 8.22. The van der Waals surface area contributed by atoms with Gasteiger partial charge in [0, 0.05) is 6.04 Å². The average molecular weight is 266 g/mol. The maximum Gasteiger partial charge on any atom is 0.237 e. The van der Waals surface area contributed by atoms with Crippen molar-refractivity contribution in [1.29, 1.82) is 0 Å². The molecule has 0 spiro atoms. The molecule has 2 fully saturated rings. The van der Waals surface area contributed by atoms with Crippen molar-refractivity contribution in [3.05, 3.63) is 0 Å². The molecule has 0 radical (unpaired) electrons. The summed E-state index contributed by atoms with van der Waals surface area (Å²) >= 11 is 0.